The minimum Gasteiger partial charge on any atom is -0.393 e. The van der Waals surface area contributed by atoms with Crippen LogP contribution in [0, 0.1) is 5.82 Å². The van der Waals surface area contributed by atoms with Crippen molar-refractivity contribution in [3.8, 4) is 0 Å². The van der Waals surface area contributed by atoms with Crippen LogP contribution in [0.4, 0.5) is 10.1 Å². The molecule has 0 spiro atoms. The Labute approximate surface area is 113 Å². The summed E-state index contributed by atoms with van der Waals surface area (Å²) in [5, 5.41) is 12.7. The van der Waals surface area contributed by atoms with Crippen molar-refractivity contribution in [1.29, 1.82) is 0 Å². The molecule has 1 fully saturated rings. The molecule has 0 radical (unpaired) electrons. The molecule has 0 bridgehead atoms. The maximum Gasteiger partial charge on any atom is 0.146 e. The Kier molecular flexibility index (Phi) is 4.93. The fourth-order valence-electron chi connectivity index (χ4n) is 2.34. The number of piperidine rings is 1. The predicted molar refractivity (Wildman–Crippen MR) is 75.8 cm³/mol. The Morgan fingerprint density at radius 2 is 2.16 bits per heavy atom. The minimum atomic E-state index is -0.239. The lowest BCUT2D eigenvalue weighted by atomic mass is 10.1. The van der Waals surface area contributed by atoms with E-state index in [2.05, 4.69) is 11.9 Å². The van der Waals surface area contributed by atoms with Crippen molar-refractivity contribution in [2.24, 2.45) is 0 Å². The summed E-state index contributed by atoms with van der Waals surface area (Å²) < 4.78 is 13.9. The molecule has 1 aromatic carbocycles. The molecule has 1 saturated heterocycles. The third-order valence-electron chi connectivity index (χ3n) is 3.43. The van der Waals surface area contributed by atoms with E-state index >= 15 is 0 Å². The van der Waals surface area contributed by atoms with Crippen LogP contribution < -0.4 is 10.2 Å². The lowest BCUT2D eigenvalue weighted by molar-refractivity contribution is 0.145. The number of hydrogen-bond acceptors (Lipinski definition) is 3. The van der Waals surface area contributed by atoms with Crippen LogP contribution in [0.2, 0.25) is 0 Å². The molecule has 2 N–H and O–H groups in total. The first kappa shape index (κ1) is 14.0. The highest BCUT2D eigenvalue weighted by Gasteiger charge is 2.19. The Balaban J connectivity index is 2.06. The van der Waals surface area contributed by atoms with Gasteiger partial charge < -0.3 is 15.3 Å². The number of aliphatic hydroxyl groups excluding tert-OH is 1. The third kappa shape index (κ3) is 3.78. The number of rotatable bonds is 5. The summed E-state index contributed by atoms with van der Waals surface area (Å²) in [7, 11) is 0. The normalized spacial score (nSPS) is 16.6. The number of halogens is 1. The first-order chi connectivity index (χ1) is 9.20. The van der Waals surface area contributed by atoms with Gasteiger partial charge in [0.1, 0.15) is 5.82 Å². The summed E-state index contributed by atoms with van der Waals surface area (Å²) >= 11 is 0. The van der Waals surface area contributed by atoms with Gasteiger partial charge in [-0.1, -0.05) is 12.1 Å². The molecule has 104 valence electrons. The molecule has 1 heterocycles. The lowest BCUT2D eigenvalue weighted by Gasteiger charge is -2.32. The van der Waals surface area contributed by atoms with Gasteiger partial charge in [-0.25, -0.2) is 4.39 Å². The van der Waals surface area contributed by atoms with Gasteiger partial charge in [0.05, 0.1) is 11.8 Å². The monoisotopic (exact) mass is 264 g/mol. The van der Waals surface area contributed by atoms with Crippen LogP contribution in [0.15, 0.2) is 30.9 Å². The largest absolute Gasteiger partial charge is 0.393 e. The van der Waals surface area contributed by atoms with Crippen LogP contribution in [-0.2, 0) is 6.54 Å². The van der Waals surface area contributed by atoms with Crippen LogP contribution in [0.3, 0.4) is 0 Å². The van der Waals surface area contributed by atoms with Crippen molar-refractivity contribution in [3.63, 3.8) is 0 Å². The molecule has 0 unspecified atom stereocenters. The molecule has 3 nitrogen and oxygen atoms in total. The zero-order valence-electron chi connectivity index (χ0n) is 11.1. The molecule has 1 aliphatic rings. The third-order valence-corrected chi connectivity index (χ3v) is 3.43. The van der Waals surface area contributed by atoms with Crippen LogP contribution in [-0.4, -0.2) is 30.8 Å². The molecular weight excluding hydrogens is 243 g/mol. The SMILES string of the molecule is C=CCNCc1ccc(F)c(N2CCC(O)CC2)c1. The number of aliphatic hydroxyl groups is 1. The number of nitrogens with zero attached hydrogens (tertiary/aromatic N) is 1. The first-order valence-corrected chi connectivity index (χ1v) is 6.73. The molecule has 0 aliphatic carbocycles. The van der Waals surface area contributed by atoms with Gasteiger partial charge in [-0.2, -0.15) is 0 Å². The van der Waals surface area contributed by atoms with Crippen molar-refractivity contribution in [1.82, 2.24) is 5.32 Å². The topological polar surface area (TPSA) is 35.5 Å². The second kappa shape index (κ2) is 6.68. The fourth-order valence-corrected chi connectivity index (χ4v) is 2.34. The fraction of sp³-hybridized carbons (Fsp3) is 0.467. The van der Waals surface area contributed by atoms with E-state index in [4.69, 9.17) is 0 Å². The van der Waals surface area contributed by atoms with E-state index in [0.717, 1.165) is 12.1 Å². The summed E-state index contributed by atoms with van der Waals surface area (Å²) in [6.07, 6.45) is 2.98. The lowest BCUT2D eigenvalue weighted by Crippen LogP contribution is -2.36. The summed E-state index contributed by atoms with van der Waals surface area (Å²) in [5.41, 5.74) is 1.70. The van der Waals surface area contributed by atoms with E-state index in [1.165, 1.54) is 6.07 Å². The van der Waals surface area contributed by atoms with Crippen molar-refractivity contribution in [2.75, 3.05) is 24.5 Å². The van der Waals surface area contributed by atoms with E-state index in [0.29, 0.717) is 38.2 Å². The van der Waals surface area contributed by atoms with E-state index in [1.54, 1.807) is 12.1 Å². The zero-order valence-corrected chi connectivity index (χ0v) is 11.1. The van der Waals surface area contributed by atoms with Gasteiger partial charge in [0.15, 0.2) is 0 Å². The van der Waals surface area contributed by atoms with Gasteiger partial charge in [0.25, 0.3) is 0 Å². The summed E-state index contributed by atoms with van der Waals surface area (Å²) in [4.78, 5) is 2.01. The van der Waals surface area contributed by atoms with Gasteiger partial charge >= 0.3 is 0 Å². The highest BCUT2D eigenvalue weighted by molar-refractivity contribution is 5.50. The van der Waals surface area contributed by atoms with E-state index in [9.17, 15) is 9.50 Å². The van der Waals surface area contributed by atoms with Gasteiger partial charge in [0.2, 0.25) is 0 Å². The van der Waals surface area contributed by atoms with Crippen LogP contribution in [0.5, 0.6) is 0 Å². The zero-order chi connectivity index (χ0) is 13.7. The molecule has 0 amide bonds. The van der Waals surface area contributed by atoms with Gasteiger partial charge in [-0.3, -0.25) is 0 Å². The van der Waals surface area contributed by atoms with Crippen molar-refractivity contribution >= 4 is 5.69 Å². The number of benzene rings is 1. The molecule has 19 heavy (non-hydrogen) atoms. The Hall–Kier alpha value is -1.39. The highest BCUT2D eigenvalue weighted by Crippen LogP contribution is 2.24. The Morgan fingerprint density at radius 1 is 1.42 bits per heavy atom. The molecule has 1 aliphatic heterocycles. The van der Waals surface area contributed by atoms with Crippen molar-refractivity contribution in [2.45, 2.75) is 25.5 Å². The van der Waals surface area contributed by atoms with Crippen molar-refractivity contribution in [3.05, 3.63) is 42.2 Å². The number of nitrogens with one attached hydrogen (secondary N) is 1. The summed E-state index contributed by atoms with van der Waals surface area (Å²) in [5.74, 6) is -0.191. The maximum atomic E-state index is 13.9. The standard InChI is InChI=1S/C15H21FN2O/c1-2-7-17-11-12-3-4-14(16)15(10-12)18-8-5-13(19)6-9-18/h2-4,10,13,17,19H,1,5-9,11H2. The van der Waals surface area contributed by atoms with Crippen LogP contribution in [0.25, 0.3) is 0 Å². The predicted octanol–water partition coefficient (Wildman–Crippen LogP) is 2.06. The van der Waals surface area contributed by atoms with E-state index < -0.39 is 0 Å². The molecule has 2 rings (SSSR count). The molecule has 0 atom stereocenters. The van der Waals surface area contributed by atoms with E-state index in [1.807, 2.05) is 11.0 Å². The quantitative estimate of drug-likeness (QED) is 0.631. The Bertz CT molecular complexity index is 428. The van der Waals surface area contributed by atoms with Crippen LogP contribution in [0.1, 0.15) is 18.4 Å². The van der Waals surface area contributed by atoms with E-state index in [-0.39, 0.29) is 11.9 Å². The second-order valence-corrected chi connectivity index (χ2v) is 4.92. The molecule has 4 heteroatoms. The minimum absolute atomic E-state index is 0.191. The molecule has 0 aromatic heterocycles. The summed E-state index contributed by atoms with van der Waals surface area (Å²) in [6, 6.07) is 5.21. The van der Waals surface area contributed by atoms with Gasteiger partial charge in [-0.15, -0.1) is 6.58 Å². The van der Waals surface area contributed by atoms with Gasteiger partial charge in [-0.05, 0) is 30.5 Å². The summed E-state index contributed by atoms with van der Waals surface area (Å²) in [6.45, 7) is 6.51. The molecule has 0 saturated carbocycles. The molecular formula is C15H21FN2O. The van der Waals surface area contributed by atoms with Crippen molar-refractivity contribution < 1.29 is 9.50 Å². The average Bonchev–Trinajstić information content (AvgIpc) is 2.42. The molecule has 1 aromatic rings. The Morgan fingerprint density at radius 3 is 2.84 bits per heavy atom. The van der Waals surface area contributed by atoms with Gasteiger partial charge in [0, 0.05) is 26.2 Å². The number of hydrogen-bond donors (Lipinski definition) is 2. The second-order valence-electron chi connectivity index (χ2n) is 4.92. The van der Waals surface area contributed by atoms with Crippen LogP contribution >= 0.6 is 0 Å². The first-order valence-electron chi connectivity index (χ1n) is 6.73. The maximum absolute atomic E-state index is 13.9. The number of anilines is 1. The average molecular weight is 264 g/mol. The smallest absolute Gasteiger partial charge is 0.146 e. The highest BCUT2D eigenvalue weighted by atomic mass is 19.1.